The fraction of sp³-hybridized carbons (Fsp3) is 0.538. The van der Waals surface area contributed by atoms with Crippen LogP contribution in [0.5, 0.6) is 11.5 Å². The maximum Gasteiger partial charge on any atom is 0.673 e. The molecule has 8 heteroatoms. The van der Waals surface area contributed by atoms with Crippen molar-refractivity contribution in [2.45, 2.75) is 75.5 Å². The Balaban J connectivity index is 0.000000588. The van der Waals surface area contributed by atoms with E-state index in [9.17, 15) is 17.3 Å². The second-order valence-electron chi connectivity index (χ2n) is 9.04. The molecule has 2 nitrogen and oxygen atoms in total. The van der Waals surface area contributed by atoms with E-state index in [-0.39, 0.29) is 7.92 Å². The first kappa shape index (κ1) is 26.9. The molecular weight excluding hydrogens is 462 g/mol. The molecule has 4 rings (SSSR count). The highest BCUT2D eigenvalue weighted by Crippen LogP contribution is 2.57. The second kappa shape index (κ2) is 12.8. The molecule has 0 atom stereocenters. The lowest BCUT2D eigenvalue weighted by Crippen LogP contribution is -2.27. The van der Waals surface area contributed by atoms with Gasteiger partial charge in [-0.1, -0.05) is 76.8 Å². The van der Waals surface area contributed by atoms with Gasteiger partial charge in [-0.15, -0.1) is 0 Å². The third kappa shape index (κ3) is 7.37. The van der Waals surface area contributed by atoms with Gasteiger partial charge in [0.25, 0.3) is 0 Å². The smallest absolute Gasteiger partial charge is 0.496 e. The molecule has 188 valence electrons. The lowest BCUT2D eigenvalue weighted by molar-refractivity contribution is 0.368. The highest BCUT2D eigenvalue weighted by Gasteiger charge is 2.34. The Morgan fingerprint density at radius 2 is 1.12 bits per heavy atom. The van der Waals surface area contributed by atoms with E-state index in [0.29, 0.717) is 0 Å². The Kier molecular flexibility index (Phi) is 10.1. The van der Waals surface area contributed by atoms with Crippen LogP contribution in [0.25, 0.3) is 11.1 Å². The molecule has 2 aromatic rings. The van der Waals surface area contributed by atoms with Crippen molar-refractivity contribution >= 4 is 20.5 Å². The Hall–Kier alpha value is -1.75. The van der Waals surface area contributed by atoms with Gasteiger partial charge in [-0.05, 0) is 60.0 Å². The zero-order valence-electron chi connectivity index (χ0n) is 20.1. The number of hydrogen-bond donors (Lipinski definition) is 0. The quantitative estimate of drug-likeness (QED) is 0.227. The summed E-state index contributed by atoms with van der Waals surface area (Å²) in [6, 6.07) is 15.3. The summed E-state index contributed by atoms with van der Waals surface area (Å²) in [6.45, 7) is 0. The van der Waals surface area contributed by atoms with Crippen LogP contribution in [-0.2, 0) is 0 Å². The fourth-order valence-corrected chi connectivity index (χ4v) is 9.39. The summed E-state index contributed by atoms with van der Waals surface area (Å²) in [5.41, 5.74) is 4.23. The molecule has 2 fully saturated rings. The summed E-state index contributed by atoms with van der Waals surface area (Å²) < 4.78 is 50.6. The minimum Gasteiger partial charge on any atom is -0.496 e. The topological polar surface area (TPSA) is 18.5 Å². The SMILES string of the molecule is COc1cccc(OC)c1-c1ccccc1P(C1CCCCC1)C1CCCCC1.F[B-](F)(F)F. The summed E-state index contributed by atoms with van der Waals surface area (Å²) in [5, 5.41) is 1.59. The number of ether oxygens (including phenoxy) is 2. The predicted molar refractivity (Wildman–Crippen MR) is 135 cm³/mol. The van der Waals surface area contributed by atoms with Gasteiger partial charge in [0.15, 0.2) is 0 Å². The van der Waals surface area contributed by atoms with Crippen molar-refractivity contribution in [2.24, 2.45) is 0 Å². The van der Waals surface area contributed by atoms with Gasteiger partial charge in [-0.25, -0.2) is 0 Å². The molecule has 0 aromatic heterocycles. The number of benzene rings is 2. The molecule has 0 N–H and O–H groups in total. The Morgan fingerprint density at radius 1 is 0.676 bits per heavy atom. The van der Waals surface area contributed by atoms with Crippen LogP contribution in [0.2, 0.25) is 0 Å². The molecule has 0 saturated heterocycles. The van der Waals surface area contributed by atoms with Crippen LogP contribution in [0.4, 0.5) is 17.3 Å². The Labute approximate surface area is 202 Å². The number of rotatable bonds is 6. The Morgan fingerprint density at radius 3 is 1.56 bits per heavy atom. The zero-order chi connectivity index (χ0) is 24.6. The molecule has 0 radical (unpaired) electrons. The maximum absolute atomic E-state index is 9.75. The third-order valence-electron chi connectivity index (χ3n) is 6.82. The first-order valence-corrected chi connectivity index (χ1v) is 13.8. The summed E-state index contributed by atoms with van der Waals surface area (Å²) in [5.74, 6) is 1.83. The summed E-state index contributed by atoms with van der Waals surface area (Å²) in [7, 11) is -2.64. The van der Waals surface area contributed by atoms with E-state index >= 15 is 0 Å². The van der Waals surface area contributed by atoms with Crippen LogP contribution in [0.15, 0.2) is 42.5 Å². The molecule has 0 unspecified atom stereocenters. The van der Waals surface area contributed by atoms with Gasteiger partial charge in [0.1, 0.15) is 11.5 Å². The van der Waals surface area contributed by atoms with Crippen LogP contribution in [0.1, 0.15) is 64.2 Å². The average molecular weight is 497 g/mol. The standard InChI is InChI=1S/C26H35O2P.BF4/c1-27-23-17-11-18-24(28-2)26(23)22-16-9-10-19-25(22)29(20-12-5-3-6-13-20)21-14-7-4-8-15-21;2-1(3,4)5/h9-11,16-21H,3-8,12-15H2,1-2H3;/q;-1. The highest BCUT2D eigenvalue weighted by atomic mass is 31.1. The van der Waals surface area contributed by atoms with Crippen LogP contribution in [0.3, 0.4) is 0 Å². The summed E-state index contributed by atoms with van der Waals surface area (Å²) in [4.78, 5) is 0. The van der Waals surface area contributed by atoms with Crippen molar-refractivity contribution in [1.82, 2.24) is 0 Å². The molecule has 2 saturated carbocycles. The van der Waals surface area contributed by atoms with Crippen LogP contribution < -0.4 is 14.8 Å². The minimum atomic E-state index is -6.00. The van der Waals surface area contributed by atoms with Crippen molar-refractivity contribution in [3.05, 3.63) is 42.5 Å². The van der Waals surface area contributed by atoms with E-state index in [2.05, 4.69) is 36.4 Å². The normalized spacial score (nSPS) is 17.7. The lowest BCUT2D eigenvalue weighted by Gasteiger charge is -2.39. The van der Waals surface area contributed by atoms with Crippen molar-refractivity contribution in [1.29, 1.82) is 0 Å². The molecule has 2 aliphatic carbocycles. The van der Waals surface area contributed by atoms with E-state index in [1.807, 2.05) is 6.07 Å². The molecule has 0 amide bonds. The molecule has 2 aromatic carbocycles. The zero-order valence-corrected chi connectivity index (χ0v) is 21.0. The summed E-state index contributed by atoms with van der Waals surface area (Å²) >= 11 is 0. The maximum atomic E-state index is 9.75. The third-order valence-corrected chi connectivity index (χ3v) is 10.4. The number of hydrogen-bond acceptors (Lipinski definition) is 2. The molecule has 0 bridgehead atoms. The molecule has 2 aliphatic rings. The van der Waals surface area contributed by atoms with Crippen LogP contribution in [-0.4, -0.2) is 32.8 Å². The molecule has 0 aliphatic heterocycles. The van der Waals surface area contributed by atoms with Gasteiger partial charge in [0.2, 0.25) is 0 Å². The van der Waals surface area contributed by atoms with Gasteiger partial charge in [-0.2, -0.15) is 0 Å². The number of methoxy groups -OCH3 is 2. The average Bonchev–Trinajstić information content (AvgIpc) is 2.84. The predicted octanol–water partition coefficient (Wildman–Crippen LogP) is 8.44. The van der Waals surface area contributed by atoms with Crippen molar-refractivity contribution in [3.63, 3.8) is 0 Å². The fourth-order valence-electron chi connectivity index (χ4n) is 5.44. The van der Waals surface area contributed by atoms with Gasteiger partial charge in [0, 0.05) is 0 Å². The van der Waals surface area contributed by atoms with E-state index in [1.54, 1.807) is 19.5 Å². The molecule has 0 spiro atoms. The first-order chi connectivity index (χ1) is 16.3. The number of halogens is 4. The van der Waals surface area contributed by atoms with E-state index < -0.39 is 7.25 Å². The lowest BCUT2D eigenvalue weighted by atomic mass is 9.99. The van der Waals surface area contributed by atoms with Gasteiger partial charge in [-0.3, -0.25) is 0 Å². The van der Waals surface area contributed by atoms with Gasteiger partial charge in [0.05, 0.1) is 19.8 Å². The first-order valence-electron chi connectivity index (χ1n) is 12.3. The monoisotopic (exact) mass is 497 g/mol. The highest BCUT2D eigenvalue weighted by molar-refractivity contribution is 7.67. The largest absolute Gasteiger partial charge is 0.673 e. The van der Waals surface area contributed by atoms with Crippen LogP contribution >= 0.6 is 7.92 Å². The molecule has 0 heterocycles. The molecule has 34 heavy (non-hydrogen) atoms. The van der Waals surface area contributed by atoms with Crippen molar-refractivity contribution in [2.75, 3.05) is 14.2 Å². The second-order valence-corrected chi connectivity index (χ2v) is 11.8. The van der Waals surface area contributed by atoms with E-state index in [4.69, 9.17) is 9.47 Å². The van der Waals surface area contributed by atoms with Gasteiger partial charge < -0.3 is 26.7 Å². The Bertz CT molecular complexity index is 850. The van der Waals surface area contributed by atoms with Crippen LogP contribution in [0, 0.1) is 0 Å². The van der Waals surface area contributed by atoms with Crippen molar-refractivity contribution in [3.8, 4) is 22.6 Å². The van der Waals surface area contributed by atoms with E-state index in [0.717, 1.165) is 28.4 Å². The van der Waals surface area contributed by atoms with Crippen molar-refractivity contribution < 1.29 is 26.7 Å². The summed E-state index contributed by atoms with van der Waals surface area (Å²) in [6.07, 6.45) is 14.2. The van der Waals surface area contributed by atoms with E-state index in [1.165, 1.54) is 69.8 Å². The molecular formula is C26H35BF4O2P-. The minimum absolute atomic E-state index is 0.182. The van der Waals surface area contributed by atoms with Gasteiger partial charge >= 0.3 is 7.25 Å².